The second-order valence-corrected chi connectivity index (χ2v) is 2.83. The van der Waals surface area contributed by atoms with Gasteiger partial charge in [0, 0.05) is 26.6 Å². The Balaban J connectivity index is 2.76. The van der Waals surface area contributed by atoms with Gasteiger partial charge in [-0.05, 0) is 0 Å². The monoisotopic (exact) mass is 212 g/mol. The van der Waals surface area contributed by atoms with Crippen molar-refractivity contribution in [3.05, 3.63) is 18.0 Å². The van der Waals surface area contributed by atoms with Gasteiger partial charge in [0.15, 0.2) is 0 Å². The smallest absolute Gasteiger partial charge is 0.277 e. The van der Waals surface area contributed by atoms with Crippen LogP contribution in [0, 0.1) is 0 Å². The van der Waals surface area contributed by atoms with Crippen molar-refractivity contribution >= 4 is 11.9 Å². The van der Waals surface area contributed by atoms with Crippen molar-refractivity contribution in [2.45, 2.75) is 0 Å². The number of hydroxylamine groups is 1. The number of hydrogen-bond acceptors (Lipinski definition) is 6. The molecule has 0 spiro atoms. The van der Waals surface area contributed by atoms with Crippen LogP contribution in [-0.4, -0.2) is 42.0 Å². The van der Waals surface area contributed by atoms with Crippen LogP contribution in [0.3, 0.4) is 0 Å². The molecule has 0 radical (unpaired) electrons. The Bertz CT molecular complexity index is 327. The fraction of sp³-hybridized carbons (Fsp3) is 0.375. The Morgan fingerprint density at radius 2 is 2.20 bits per heavy atom. The summed E-state index contributed by atoms with van der Waals surface area (Å²) in [5.74, 6) is -0.206. The van der Waals surface area contributed by atoms with Gasteiger partial charge in [0.1, 0.15) is 6.73 Å². The minimum atomic E-state index is -0.643. The maximum atomic E-state index is 10.9. The van der Waals surface area contributed by atoms with Gasteiger partial charge in [-0.1, -0.05) is 0 Å². The van der Waals surface area contributed by atoms with Crippen LogP contribution in [0.1, 0.15) is 10.4 Å². The molecule has 0 bridgehead atoms. The summed E-state index contributed by atoms with van der Waals surface area (Å²) in [5.41, 5.74) is 1.68. The number of nitrogens with zero attached hydrogens (tertiary/aromatic N) is 3. The molecule has 15 heavy (non-hydrogen) atoms. The van der Waals surface area contributed by atoms with Crippen molar-refractivity contribution in [3.8, 4) is 0 Å². The largest absolute Gasteiger partial charge is 0.364 e. The average molecular weight is 212 g/mol. The van der Waals surface area contributed by atoms with E-state index in [4.69, 9.17) is 9.94 Å². The predicted molar refractivity (Wildman–Crippen MR) is 51.6 cm³/mol. The molecular formula is C8H12N4O3. The maximum absolute atomic E-state index is 10.9. The summed E-state index contributed by atoms with van der Waals surface area (Å²) in [7, 11) is 3.31. The average Bonchev–Trinajstić information content (AvgIpc) is 2.28. The SMILES string of the molecule is COCN(C)c1ncc(C(=O)NO)cn1. The summed E-state index contributed by atoms with van der Waals surface area (Å²) in [6.45, 7) is 0.353. The summed E-state index contributed by atoms with van der Waals surface area (Å²) in [4.78, 5) is 20.5. The molecule has 82 valence electrons. The zero-order valence-electron chi connectivity index (χ0n) is 8.47. The summed E-state index contributed by atoms with van der Waals surface area (Å²) < 4.78 is 4.88. The molecule has 1 amide bonds. The van der Waals surface area contributed by atoms with E-state index in [0.717, 1.165) is 0 Å². The molecule has 0 aromatic carbocycles. The standard InChI is InChI=1S/C8H12N4O3/c1-12(5-15-2)8-9-3-6(4-10-8)7(13)11-14/h3-4,14H,5H2,1-2H3,(H,11,13). The van der Waals surface area contributed by atoms with Crippen molar-refractivity contribution in [1.29, 1.82) is 0 Å². The summed E-state index contributed by atoms with van der Waals surface area (Å²) in [6.07, 6.45) is 2.64. The fourth-order valence-electron chi connectivity index (χ4n) is 0.952. The Hall–Kier alpha value is -1.73. The van der Waals surface area contributed by atoms with E-state index >= 15 is 0 Å². The van der Waals surface area contributed by atoms with Crippen molar-refractivity contribution in [3.63, 3.8) is 0 Å². The highest BCUT2D eigenvalue weighted by molar-refractivity contribution is 5.92. The third-order valence-electron chi connectivity index (χ3n) is 1.67. The lowest BCUT2D eigenvalue weighted by Crippen LogP contribution is -2.23. The highest BCUT2D eigenvalue weighted by Gasteiger charge is 2.07. The lowest BCUT2D eigenvalue weighted by Gasteiger charge is -2.14. The molecule has 0 aliphatic carbocycles. The van der Waals surface area contributed by atoms with Gasteiger partial charge in [0.05, 0.1) is 5.56 Å². The van der Waals surface area contributed by atoms with E-state index in [9.17, 15) is 4.79 Å². The second kappa shape index (κ2) is 5.23. The second-order valence-electron chi connectivity index (χ2n) is 2.83. The quantitative estimate of drug-likeness (QED) is 0.402. The fourth-order valence-corrected chi connectivity index (χ4v) is 0.952. The summed E-state index contributed by atoms with van der Waals surface area (Å²) in [6, 6.07) is 0. The number of rotatable bonds is 4. The Morgan fingerprint density at radius 1 is 1.60 bits per heavy atom. The van der Waals surface area contributed by atoms with E-state index in [1.54, 1.807) is 19.1 Å². The number of anilines is 1. The number of amides is 1. The van der Waals surface area contributed by atoms with E-state index in [-0.39, 0.29) is 5.56 Å². The topological polar surface area (TPSA) is 87.6 Å². The van der Waals surface area contributed by atoms with E-state index in [0.29, 0.717) is 12.7 Å². The molecule has 0 aliphatic heterocycles. The molecule has 1 rings (SSSR count). The van der Waals surface area contributed by atoms with Gasteiger partial charge in [-0.3, -0.25) is 10.0 Å². The molecule has 1 heterocycles. The molecule has 0 unspecified atom stereocenters. The van der Waals surface area contributed by atoms with Crippen LogP contribution in [0.5, 0.6) is 0 Å². The first-order valence-corrected chi connectivity index (χ1v) is 4.15. The minimum absolute atomic E-state index is 0.187. The number of hydrogen-bond donors (Lipinski definition) is 2. The Morgan fingerprint density at radius 3 is 2.67 bits per heavy atom. The molecule has 0 aliphatic rings. The van der Waals surface area contributed by atoms with Crippen LogP contribution in [0.4, 0.5) is 5.95 Å². The van der Waals surface area contributed by atoms with Crippen molar-refractivity contribution < 1.29 is 14.7 Å². The lowest BCUT2D eigenvalue weighted by atomic mass is 10.3. The summed E-state index contributed by atoms with van der Waals surface area (Å²) >= 11 is 0. The number of nitrogens with one attached hydrogen (secondary N) is 1. The molecule has 0 fully saturated rings. The van der Waals surface area contributed by atoms with Crippen LogP contribution < -0.4 is 10.4 Å². The minimum Gasteiger partial charge on any atom is -0.364 e. The molecule has 1 aromatic heterocycles. The lowest BCUT2D eigenvalue weighted by molar-refractivity contribution is 0.0705. The summed E-state index contributed by atoms with van der Waals surface area (Å²) in [5, 5.41) is 8.37. The van der Waals surface area contributed by atoms with Crippen LogP contribution >= 0.6 is 0 Å². The van der Waals surface area contributed by atoms with Gasteiger partial charge in [0.2, 0.25) is 5.95 Å². The molecule has 0 saturated heterocycles. The number of aromatic nitrogens is 2. The molecule has 0 saturated carbocycles. The van der Waals surface area contributed by atoms with E-state index in [2.05, 4.69) is 9.97 Å². The molecule has 7 nitrogen and oxygen atoms in total. The highest BCUT2D eigenvalue weighted by atomic mass is 16.5. The van der Waals surface area contributed by atoms with E-state index < -0.39 is 5.91 Å². The van der Waals surface area contributed by atoms with E-state index in [1.165, 1.54) is 17.9 Å². The number of ether oxygens (including phenoxy) is 1. The molecule has 2 N–H and O–H groups in total. The molecule has 0 atom stereocenters. The number of carbonyl (C=O) groups is 1. The van der Waals surface area contributed by atoms with Crippen LogP contribution in [0.25, 0.3) is 0 Å². The first-order chi connectivity index (χ1) is 7.19. The van der Waals surface area contributed by atoms with Gasteiger partial charge >= 0.3 is 0 Å². The zero-order valence-corrected chi connectivity index (χ0v) is 8.47. The van der Waals surface area contributed by atoms with Gasteiger partial charge in [-0.25, -0.2) is 15.4 Å². The molecule has 1 aromatic rings. The van der Waals surface area contributed by atoms with Crippen molar-refractivity contribution in [2.24, 2.45) is 0 Å². The Kier molecular flexibility index (Phi) is 3.95. The first kappa shape index (κ1) is 11.3. The van der Waals surface area contributed by atoms with Crippen LogP contribution in [0.15, 0.2) is 12.4 Å². The first-order valence-electron chi connectivity index (χ1n) is 4.15. The number of methoxy groups -OCH3 is 1. The Labute approximate surface area is 86.7 Å². The third kappa shape index (κ3) is 2.86. The third-order valence-corrected chi connectivity index (χ3v) is 1.67. The number of carbonyl (C=O) groups excluding carboxylic acids is 1. The van der Waals surface area contributed by atoms with Gasteiger partial charge in [-0.15, -0.1) is 0 Å². The molecule has 7 heteroatoms. The van der Waals surface area contributed by atoms with Crippen molar-refractivity contribution in [2.75, 3.05) is 25.8 Å². The molecular weight excluding hydrogens is 200 g/mol. The predicted octanol–water partition coefficient (Wildman–Crippen LogP) is -0.364. The van der Waals surface area contributed by atoms with E-state index in [1.807, 2.05) is 0 Å². The highest BCUT2D eigenvalue weighted by Crippen LogP contribution is 2.04. The van der Waals surface area contributed by atoms with Crippen LogP contribution in [-0.2, 0) is 4.74 Å². The van der Waals surface area contributed by atoms with Crippen LogP contribution in [0.2, 0.25) is 0 Å². The van der Waals surface area contributed by atoms with Crippen molar-refractivity contribution in [1.82, 2.24) is 15.4 Å². The van der Waals surface area contributed by atoms with Gasteiger partial charge in [-0.2, -0.15) is 0 Å². The van der Waals surface area contributed by atoms with Gasteiger partial charge in [0.25, 0.3) is 5.91 Å². The zero-order chi connectivity index (χ0) is 11.3. The van der Waals surface area contributed by atoms with Gasteiger partial charge < -0.3 is 9.64 Å². The normalized spacial score (nSPS) is 9.80. The maximum Gasteiger partial charge on any atom is 0.277 e.